The lowest BCUT2D eigenvalue weighted by Crippen LogP contribution is -2.53. The molecule has 2 rings (SSSR count). The van der Waals surface area contributed by atoms with Gasteiger partial charge in [-0.15, -0.1) is 0 Å². The van der Waals surface area contributed by atoms with Crippen molar-refractivity contribution >= 4 is 0 Å². The van der Waals surface area contributed by atoms with Crippen molar-refractivity contribution in [3.05, 3.63) is 0 Å². The monoisotopic (exact) mass is 212 g/mol. The molecule has 0 amide bonds. The maximum absolute atomic E-state index is 5.89. The van der Waals surface area contributed by atoms with Crippen LogP contribution in [-0.2, 0) is 4.74 Å². The first-order chi connectivity index (χ1) is 7.29. The summed E-state index contributed by atoms with van der Waals surface area (Å²) in [7, 11) is 0. The molecule has 3 nitrogen and oxygen atoms in total. The lowest BCUT2D eigenvalue weighted by Gasteiger charge is -2.37. The van der Waals surface area contributed by atoms with Crippen LogP contribution in [0.3, 0.4) is 0 Å². The molecular weight excluding hydrogens is 188 g/mol. The molecule has 1 N–H and O–H groups in total. The zero-order chi connectivity index (χ0) is 10.7. The molecule has 0 bridgehead atoms. The highest BCUT2D eigenvalue weighted by Crippen LogP contribution is 2.21. The van der Waals surface area contributed by atoms with Gasteiger partial charge in [0.1, 0.15) is 0 Å². The first-order valence-corrected chi connectivity index (χ1v) is 6.39. The fourth-order valence-electron chi connectivity index (χ4n) is 2.73. The Morgan fingerprint density at radius 2 is 2.27 bits per heavy atom. The van der Waals surface area contributed by atoms with E-state index in [1.807, 2.05) is 0 Å². The molecule has 0 aliphatic carbocycles. The molecule has 3 heteroatoms. The maximum atomic E-state index is 5.89. The van der Waals surface area contributed by atoms with Gasteiger partial charge in [0.25, 0.3) is 0 Å². The third-order valence-corrected chi connectivity index (χ3v) is 3.70. The van der Waals surface area contributed by atoms with Crippen LogP contribution >= 0.6 is 0 Å². The second kappa shape index (κ2) is 5.28. The second-order valence-electron chi connectivity index (χ2n) is 4.91. The summed E-state index contributed by atoms with van der Waals surface area (Å²) in [5, 5.41) is 3.47. The molecule has 3 atom stereocenters. The molecule has 2 fully saturated rings. The van der Waals surface area contributed by atoms with Gasteiger partial charge in [-0.2, -0.15) is 0 Å². The molecule has 0 spiro atoms. The third-order valence-electron chi connectivity index (χ3n) is 3.70. The lowest BCUT2D eigenvalue weighted by atomic mass is 10.1. The SMILES string of the molecule is CCC1CNCCN1CC1CCC(C)O1. The van der Waals surface area contributed by atoms with E-state index in [1.165, 1.54) is 25.8 Å². The van der Waals surface area contributed by atoms with Crippen molar-refractivity contribution in [2.75, 3.05) is 26.2 Å². The highest BCUT2D eigenvalue weighted by Gasteiger charge is 2.27. The van der Waals surface area contributed by atoms with E-state index >= 15 is 0 Å². The predicted molar refractivity (Wildman–Crippen MR) is 62.1 cm³/mol. The van der Waals surface area contributed by atoms with Crippen molar-refractivity contribution < 1.29 is 4.74 Å². The standard InChI is InChI=1S/C12H24N2O/c1-3-11-8-13-6-7-14(11)9-12-5-4-10(2)15-12/h10-13H,3-9H2,1-2H3. The molecule has 0 aromatic heterocycles. The van der Waals surface area contributed by atoms with Crippen molar-refractivity contribution in [3.63, 3.8) is 0 Å². The van der Waals surface area contributed by atoms with Gasteiger partial charge in [0.15, 0.2) is 0 Å². The Morgan fingerprint density at radius 1 is 1.40 bits per heavy atom. The van der Waals surface area contributed by atoms with Crippen LogP contribution in [0, 0.1) is 0 Å². The van der Waals surface area contributed by atoms with Gasteiger partial charge in [0, 0.05) is 32.2 Å². The normalized spacial score (nSPS) is 38.4. The molecule has 0 radical (unpaired) electrons. The minimum Gasteiger partial charge on any atom is -0.374 e. The molecule has 0 aromatic carbocycles. The van der Waals surface area contributed by atoms with Gasteiger partial charge in [0.2, 0.25) is 0 Å². The maximum Gasteiger partial charge on any atom is 0.0706 e. The van der Waals surface area contributed by atoms with E-state index in [1.54, 1.807) is 0 Å². The highest BCUT2D eigenvalue weighted by atomic mass is 16.5. The summed E-state index contributed by atoms with van der Waals surface area (Å²) in [6.45, 7) is 9.09. The number of nitrogens with one attached hydrogen (secondary N) is 1. The number of ether oxygens (including phenoxy) is 1. The van der Waals surface area contributed by atoms with Gasteiger partial charge in [-0.1, -0.05) is 6.92 Å². The Bertz CT molecular complexity index is 198. The highest BCUT2D eigenvalue weighted by molar-refractivity contribution is 4.82. The van der Waals surface area contributed by atoms with Crippen LogP contribution in [0.25, 0.3) is 0 Å². The molecule has 15 heavy (non-hydrogen) atoms. The molecule has 0 aromatic rings. The Hall–Kier alpha value is -0.120. The number of hydrogen-bond acceptors (Lipinski definition) is 3. The lowest BCUT2D eigenvalue weighted by molar-refractivity contribution is 0.0160. The molecule has 2 aliphatic heterocycles. The zero-order valence-electron chi connectivity index (χ0n) is 10.0. The number of nitrogens with zero attached hydrogens (tertiary/aromatic N) is 1. The summed E-state index contributed by atoms with van der Waals surface area (Å²) < 4.78 is 5.89. The first kappa shape index (κ1) is 11.4. The summed E-state index contributed by atoms with van der Waals surface area (Å²) in [5.41, 5.74) is 0. The summed E-state index contributed by atoms with van der Waals surface area (Å²) in [5.74, 6) is 0. The van der Waals surface area contributed by atoms with Crippen molar-refractivity contribution in [2.45, 2.75) is 51.4 Å². The zero-order valence-corrected chi connectivity index (χ0v) is 10.0. The van der Waals surface area contributed by atoms with Crippen LogP contribution in [0.1, 0.15) is 33.1 Å². The molecule has 88 valence electrons. The van der Waals surface area contributed by atoms with Crippen LogP contribution < -0.4 is 5.32 Å². The molecule has 3 unspecified atom stereocenters. The summed E-state index contributed by atoms with van der Waals surface area (Å²) in [6, 6.07) is 0.721. The number of piperazine rings is 1. The van der Waals surface area contributed by atoms with Crippen LogP contribution in [0.2, 0.25) is 0 Å². The van der Waals surface area contributed by atoms with Crippen molar-refractivity contribution in [3.8, 4) is 0 Å². The van der Waals surface area contributed by atoms with Crippen molar-refractivity contribution in [1.82, 2.24) is 10.2 Å². The molecule has 2 heterocycles. The van der Waals surface area contributed by atoms with E-state index in [-0.39, 0.29) is 0 Å². The van der Waals surface area contributed by atoms with Crippen LogP contribution in [0.4, 0.5) is 0 Å². The van der Waals surface area contributed by atoms with E-state index in [0.29, 0.717) is 12.2 Å². The number of rotatable bonds is 3. The van der Waals surface area contributed by atoms with Crippen molar-refractivity contribution in [2.24, 2.45) is 0 Å². The van der Waals surface area contributed by atoms with Gasteiger partial charge < -0.3 is 10.1 Å². The Labute approximate surface area is 93.2 Å². The van der Waals surface area contributed by atoms with Gasteiger partial charge in [-0.3, -0.25) is 4.90 Å². The number of hydrogen-bond donors (Lipinski definition) is 1. The Morgan fingerprint density at radius 3 is 2.93 bits per heavy atom. The van der Waals surface area contributed by atoms with Crippen LogP contribution in [0.15, 0.2) is 0 Å². The average Bonchev–Trinajstić information content (AvgIpc) is 2.65. The quantitative estimate of drug-likeness (QED) is 0.762. The summed E-state index contributed by atoms with van der Waals surface area (Å²) >= 11 is 0. The molecule has 0 saturated carbocycles. The minimum absolute atomic E-state index is 0.484. The molecular formula is C12H24N2O. The van der Waals surface area contributed by atoms with Crippen LogP contribution in [0.5, 0.6) is 0 Å². The summed E-state index contributed by atoms with van der Waals surface area (Å²) in [6.07, 6.45) is 4.72. The largest absolute Gasteiger partial charge is 0.374 e. The van der Waals surface area contributed by atoms with Gasteiger partial charge in [0.05, 0.1) is 12.2 Å². The third kappa shape index (κ3) is 2.92. The van der Waals surface area contributed by atoms with Crippen molar-refractivity contribution in [1.29, 1.82) is 0 Å². The second-order valence-corrected chi connectivity index (χ2v) is 4.91. The molecule has 2 aliphatic rings. The fourth-order valence-corrected chi connectivity index (χ4v) is 2.73. The topological polar surface area (TPSA) is 24.5 Å². The van der Waals surface area contributed by atoms with E-state index in [9.17, 15) is 0 Å². The van der Waals surface area contributed by atoms with E-state index in [0.717, 1.165) is 25.7 Å². The van der Waals surface area contributed by atoms with Gasteiger partial charge >= 0.3 is 0 Å². The fraction of sp³-hybridized carbons (Fsp3) is 1.00. The first-order valence-electron chi connectivity index (χ1n) is 6.39. The molecule has 2 saturated heterocycles. The average molecular weight is 212 g/mol. The van der Waals surface area contributed by atoms with Gasteiger partial charge in [-0.05, 0) is 26.2 Å². The van der Waals surface area contributed by atoms with Gasteiger partial charge in [-0.25, -0.2) is 0 Å². The van der Waals surface area contributed by atoms with E-state index in [4.69, 9.17) is 4.74 Å². The Kier molecular flexibility index (Phi) is 4.00. The minimum atomic E-state index is 0.484. The smallest absolute Gasteiger partial charge is 0.0706 e. The Balaban J connectivity index is 1.81. The predicted octanol–water partition coefficient (Wildman–Crippen LogP) is 1.24. The van der Waals surface area contributed by atoms with E-state index < -0.39 is 0 Å². The summed E-state index contributed by atoms with van der Waals surface area (Å²) in [4.78, 5) is 2.61. The van der Waals surface area contributed by atoms with Crippen LogP contribution in [-0.4, -0.2) is 49.3 Å². The van der Waals surface area contributed by atoms with E-state index in [2.05, 4.69) is 24.1 Å².